The molecule has 1 fully saturated rings. The topological polar surface area (TPSA) is 82.4 Å². The molecule has 6 heteroatoms. The Morgan fingerprint density at radius 2 is 2.05 bits per heavy atom. The van der Waals surface area contributed by atoms with Crippen molar-refractivity contribution in [3.8, 4) is 11.8 Å². The maximum absolute atomic E-state index is 12.4. The lowest BCUT2D eigenvalue weighted by molar-refractivity contribution is -0.130. The van der Waals surface area contributed by atoms with Crippen molar-refractivity contribution in [2.45, 2.75) is 19.4 Å². The van der Waals surface area contributed by atoms with Gasteiger partial charge in [0.15, 0.2) is 0 Å². The van der Waals surface area contributed by atoms with E-state index in [2.05, 4.69) is 11.9 Å². The summed E-state index contributed by atoms with van der Waals surface area (Å²) in [7, 11) is 0. The molecule has 0 radical (unpaired) electrons. The van der Waals surface area contributed by atoms with Gasteiger partial charge in [-0.1, -0.05) is 18.7 Å². The summed E-state index contributed by atoms with van der Waals surface area (Å²) in [5, 5.41) is 11.3. The fourth-order valence-corrected chi connectivity index (χ4v) is 2.20. The highest BCUT2D eigenvalue weighted by molar-refractivity contribution is 6.07. The molecule has 1 aliphatic heterocycles. The average Bonchev–Trinajstić information content (AvgIpc) is 2.70. The minimum Gasteiger partial charge on any atom is -0.489 e. The number of urea groups is 1. The number of nitrogens with zero attached hydrogens (tertiary/aromatic N) is 2. The third-order valence-electron chi connectivity index (χ3n) is 3.42. The van der Waals surface area contributed by atoms with Gasteiger partial charge in [0.05, 0.1) is 6.07 Å². The van der Waals surface area contributed by atoms with Gasteiger partial charge in [-0.05, 0) is 37.1 Å². The number of nitrogens with one attached hydrogen (secondary N) is 1. The maximum atomic E-state index is 12.4. The van der Waals surface area contributed by atoms with Crippen LogP contribution in [0.1, 0.15) is 19.4 Å². The molecule has 1 atom stereocenters. The molecule has 1 aromatic carbocycles. The van der Waals surface area contributed by atoms with E-state index in [1.807, 2.05) is 13.0 Å². The third-order valence-corrected chi connectivity index (χ3v) is 3.42. The number of ether oxygens (including phenoxy) is 1. The highest BCUT2D eigenvalue weighted by Crippen LogP contribution is 2.29. The zero-order chi connectivity index (χ0) is 16.3. The summed E-state index contributed by atoms with van der Waals surface area (Å²) in [6.45, 7) is 7.40. The molecule has 1 heterocycles. The van der Waals surface area contributed by atoms with Crippen molar-refractivity contribution in [3.63, 3.8) is 0 Å². The summed E-state index contributed by atoms with van der Waals surface area (Å²) in [5.41, 5.74) is 0.372. The van der Waals surface area contributed by atoms with Gasteiger partial charge in [0.25, 0.3) is 5.91 Å². The number of hydrogen-bond donors (Lipinski definition) is 1. The Morgan fingerprint density at radius 3 is 2.59 bits per heavy atom. The zero-order valence-electron chi connectivity index (χ0n) is 12.5. The van der Waals surface area contributed by atoms with Gasteiger partial charge in [0.2, 0.25) is 0 Å². The van der Waals surface area contributed by atoms with Crippen LogP contribution in [0.15, 0.2) is 36.4 Å². The van der Waals surface area contributed by atoms with Crippen LogP contribution in [0.25, 0.3) is 0 Å². The zero-order valence-corrected chi connectivity index (χ0v) is 12.5. The van der Waals surface area contributed by atoms with E-state index >= 15 is 0 Å². The minimum absolute atomic E-state index is 0.264. The minimum atomic E-state index is -1.17. The summed E-state index contributed by atoms with van der Waals surface area (Å²) >= 11 is 0. The molecule has 3 amide bonds. The smallest absolute Gasteiger partial charge is 0.326 e. The molecule has 0 bridgehead atoms. The van der Waals surface area contributed by atoms with Gasteiger partial charge in [-0.3, -0.25) is 4.79 Å². The van der Waals surface area contributed by atoms with E-state index in [1.54, 1.807) is 31.2 Å². The third kappa shape index (κ3) is 2.79. The van der Waals surface area contributed by atoms with Crippen LogP contribution in [0, 0.1) is 11.3 Å². The summed E-state index contributed by atoms with van der Waals surface area (Å²) in [5.74, 6) is 0.218. The van der Waals surface area contributed by atoms with Gasteiger partial charge >= 0.3 is 6.03 Å². The van der Waals surface area contributed by atoms with E-state index in [-0.39, 0.29) is 6.54 Å². The van der Waals surface area contributed by atoms with Crippen molar-refractivity contribution in [3.05, 3.63) is 42.0 Å². The van der Waals surface area contributed by atoms with E-state index in [9.17, 15) is 9.59 Å². The molecule has 114 valence electrons. The number of carbonyl (C=O) groups is 2. The van der Waals surface area contributed by atoms with Crippen LogP contribution in [0.4, 0.5) is 4.79 Å². The number of carbonyl (C=O) groups excluding carboxylic acids is 2. The lowest BCUT2D eigenvalue weighted by Crippen LogP contribution is -2.40. The molecular weight excluding hydrogens is 282 g/mol. The molecule has 2 rings (SSSR count). The van der Waals surface area contributed by atoms with Gasteiger partial charge < -0.3 is 10.1 Å². The van der Waals surface area contributed by atoms with E-state index in [1.165, 1.54) is 0 Å². The molecule has 1 aliphatic rings. The Kier molecular flexibility index (Phi) is 4.18. The van der Waals surface area contributed by atoms with Crippen molar-refractivity contribution >= 4 is 11.9 Å². The molecule has 0 spiro atoms. The first-order valence-corrected chi connectivity index (χ1v) is 6.77. The number of rotatable bonds is 5. The molecule has 1 saturated heterocycles. The second kappa shape index (κ2) is 5.90. The standard InChI is InChI=1S/C16H17N3O3/c1-11(2)10-22-13-6-4-12(5-7-13)16(3)14(20)19(9-8-17)15(21)18-16/h4-7H,1,9-10H2,2-3H3,(H,18,21). The lowest BCUT2D eigenvalue weighted by atomic mass is 9.92. The Morgan fingerprint density at radius 1 is 1.41 bits per heavy atom. The fraction of sp³-hybridized carbons (Fsp3) is 0.312. The van der Waals surface area contributed by atoms with Gasteiger partial charge in [-0.2, -0.15) is 5.26 Å². The van der Waals surface area contributed by atoms with Gasteiger partial charge in [0, 0.05) is 0 Å². The summed E-state index contributed by atoms with van der Waals surface area (Å²) in [4.78, 5) is 25.1. The van der Waals surface area contributed by atoms with Gasteiger partial charge in [-0.25, -0.2) is 9.69 Å². The molecule has 1 N–H and O–H groups in total. The van der Waals surface area contributed by atoms with E-state index < -0.39 is 17.5 Å². The van der Waals surface area contributed by atoms with Crippen LogP contribution in [-0.2, 0) is 10.3 Å². The van der Waals surface area contributed by atoms with Crippen molar-refractivity contribution < 1.29 is 14.3 Å². The van der Waals surface area contributed by atoms with E-state index in [4.69, 9.17) is 10.00 Å². The van der Waals surface area contributed by atoms with Crippen LogP contribution >= 0.6 is 0 Å². The summed E-state index contributed by atoms with van der Waals surface area (Å²) in [6, 6.07) is 8.17. The second-order valence-corrected chi connectivity index (χ2v) is 5.37. The van der Waals surface area contributed by atoms with Crippen LogP contribution in [0.2, 0.25) is 0 Å². The van der Waals surface area contributed by atoms with Crippen LogP contribution in [-0.4, -0.2) is 30.0 Å². The second-order valence-electron chi connectivity index (χ2n) is 5.37. The van der Waals surface area contributed by atoms with Gasteiger partial charge in [0.1, 0.15) is 24.4 Å². The quantitative estimate of drug-likeness (QED) is 0.511. The Balaban J connectivity index is 2.21. The molecule has 1 unspecified atom stereocenters. The van der Waals surface area contributed by atoms with Crippen LogP contribution in [0.5, 0.6) is 5.75 Å². The first-order valence-electron chi connectivity index (χ1n) is 6.77. The molecule has 0 aliphatic carbocycles. The van der Waals surface area contributed by atoms with Crippen LogP contribution < -0.4 is 10.1 Å². The number of hydrogen-bond acceptors (Lipinski definition) is 4. The highest BCUT2D eigenvalue weighted by atomic mass is 16.5. The number of amides is 3. The molecule has 6 nitrogen and oxygen atoms in total. The first-order chi connectivity index (χ1) is 10.4. The molecule has 0 saturated carbocycles. The van der Waals surface area contributed by atoms with Gasteiger partial charge in [-0.15, -0.1) is 0 Å². The SMILES string of the molecule is C=C(C)COc1ccc(C2(C)NC(=O)N(CC#N)C2=O)cc1. The first kappa shape index (κ1) is 15.6. The maximum Gasteiger partial charge on any atom is 0.326 e. The molecular formula is C16H17N3O3. The van der Waals surface area contributed by atoms with Crippen LogP contribution in [0.3, 0.4) is 0 Å². The number of benzene rings is 1. The highest BCUT2D eigenvalue weighted by Gasteiger charge is 2.48. The van der Waals surface area contributed by atoms with Crippen molar-refractivity contribution in [1.82, 2.24) is 10.2 Å². The predicted octanol–water partition coefficient (Wildman–Crippen LogP) is 1.93. The monoisotopic (exact) mass is 299 g/mol. The van der Waals surface area contributed by atoms with Crippen molar-refractivity contribution in [2.24, 2.45) is 0 Å². The molecule has 0 aromatic heterocycles. The van der Waals surface area contributed by atoms with E-state index in [0.29, 0.717) is 17.9 Å². The summed E-state index contributed by atoms with van der Waals surface area (Å²) in [6.07, 6.45) is 0. The normalized spacial score (nSPS) is 20.5. The Bertz CT molecular complexity index is 660. The predicted molar refractivity (Wildman–Crippen MR) is 80.0 cm³/mol. The van der Waals surface area contributed by atoms with E-state index in [0.717, 1.165) is 10.5 Å². The van der Waals surface area contributed by atoms with Crippen molar-refractivity contribution in [2.75, 3.05) is 13.2 Å². The van der Waals surface area contributed by atoms with Crippen molar-refractivity contribution in [1.29, 1.82) is 5.26 Å². The number of imide groups is 1. The Labute approximate surface area is 129 Å². The largest absolute Gasteiger partial charge is 0.489 e. The molecule has 22 heavy (non-hydrogen) atoms. The Hall–Kier alpha value is -2.81. The summed E-state index contributed by atoms with van der Waals surface area (Å²) < 4.78 is 5.50. The fourth-order valence-electron chi connectivity index (χ4n) is 2.20. The average molecular weight is 299 g/mol. The number of nitriles is 1. The lowest BCUT2D eigenvalue weighted by Gasteiger charge is -2.22. The molecule has 1 aromatic rings.